The Labute approximate surface area is 160 Å². The number of nitrogens with zero attached hydrogens (tertiary/aromatic N) is 1. The third kappa shape index (κ3) is 3.87. The van der Waals surface area contributed by atoms with Gasteiger partial charge in [0, 0.05) is 15.1 Å². The fourth-order valence-electron chi connectivity index (χ4n) is 2.48. The van der Waals surface area contributed by atoms with E-state index in [1.165, 1.54) is 11.3 Å². The molecule has 128 valence electrons. The number of halogens is 2. The van der Waals surface area contributed by atoms with E-state index in [1.54, 1.807) is 12.1 Å². The first-order valence-corrected chi connectivity index (χ1v) is 9.38. The zero-order valence-corrected chi connectivity index (χ0v) is 16.1. The van der Waals surface area contributed by atoms with Gasteiger partial charge in [0.2, 0.25) is 0 Å². The number of hydrogen-bond acceptors (Lipinski definition) is 3. The van der Waals surface area contributed by atoms with Crippen LogP contribution in [0.2, 0.25) is 10.0 Å². The maximum atomic E-state index is 12.5. The Morgan fingerprint density at radius 2 is 1.88 bits per heavy atom. The SMILES string of the molecule is CCC(=NNC(=O)c1sc2cc(C)ccc2c1Cl)c1ccc(Cl)cc1. The summed E-state index contributed by atoms with van der Waals surface area (Å²) in [4.78, 5) is 13.0. The predicted molar refractivity (Wildman–Crippen MR) is 107 cm³/mol. The van der Waals surface area contributed by atoms with Crippen molar-refractivity contribution < 1.29 is 4.79 Å². The summed E-state index contributed by atoms with van der Waals surface area (Å²) in [6, 6.07) is 13.3. The lowest BCUT2D eigenvalue weighted by molar-refractivity contribution is 0.0959. The maximum Gasteiger partial charge on any atom is 0.283 e. The molecule has 0 aliphatic heterocycles. The molecule has 6 heteroatoms. The molecule has 0 fully saturated rings. The van der Waals surface area contributed by atoms with Crippen LogP contribution in [0.25, 0.3) is 10.1 Å². The number of carbonyl (C=O) groups is 1. The van der Waals surface area contributed by atoms with Crippen molar-refractivity contribution in [3.8, 4) is 0 Å². The van der Waals surface area contributed by atoms with Crippen molar-refractivity contribution in [1.29, 1.82) is 0 Å². The highest BCUT2D eigenvalue weighted by atomic mass is 35.5. The fourth-order valence-corrected chi connectivity index (χ4v) is 4.11. The van der Waals surface area contributed by atoms with E-state index in [-0.39, 0.29) is 5.91 Å². The van der Waals surface area contributed by atoms with Crippen LogP contribution < -0.4 is 5.43 Å². The summed E-state index contributed by atoms with van der Waals surface area (Å²) in [5, 5.41) is 6.29. The van der Waals surface area contributed by atoms with Gasteiger partial charge in [0.25, 0.3) is 5.91 Å². The number of thiophene rings is 1. The Kier molecular flexibility index (Phi) is 5.42. The van der Waals surface area contributed by atoms with Crippen LogP contribution in [-0.4, -0.2) is 11.6 Å². The number of carbonyl (C=O) groups excluding carboxylic acids is 1. The normalized spacial score (nSPS) is 11.8. The first kappa shape index (κ1) is 17.9. The van der Waals surface area contributed by atoms with Gasteiger partial charge in [-0.1, -0.05) is 54.4 Å². The van der Waals surface area contributed by atoms with Crippen molar-refractivity contribution in [2.45, 2.75) is 20.3 Å². The molecule has 0 spiro atoms. The quantitative estimate of drug-likeness (QED) is 0.426. The third-order valence-corrected chi connectivity index (χ3v) is 5.70. The van der Waals surface area contributed by atoms with Crippen molar-refractivity contribution in [3.63, 3.8) is 0 Å². The number of rotatable bonds is 4. The Morgan fingerprint density at radius 1 is 1.16 bits per heavy atom. The molecule has 1 amide bonds. The molecule has 0 radical (unpaired) electrons. The van der Waals surface area contributed by atoms with E-state index in [2.05, 4.69) is 10.5 Å². The van der Waals surface area contributed by atoms with Gasteiger partial charge < -0.3 is 0 Å². The maximum absolute atomic E-state index is 12.5. The van der Waals surface area contributed by atoms with Crippen LogP contribution in [0, 0.1) is 6.92 Å². The average Bonchev–Trinajstić information content (AvgIpc) is 2.92. The molecule has 0 atom stereocenters. The number of hydrogen-bond donors (Lipinski definition) is 1. The molecule has 3 aromatic rings. The summed E-state index contributed by atoms with van der Waals surface area (Å²) >= 11 is 13.7. The number of nitrogens with one attached hydrogen (secondary N) is 1. The first-order valence-electron chi connectivity index (χ1n) is 7.81. The van der Waals surface area contributed by atoms with Gasteiger partial charge in [-0.15, -0.1) is 11.3 Å². The summed E-state index contributed by atoms with van der Waals surface area (Å²) in [6.07, 6.45) is 0.682. The molecule has 0 unspecified atom stereocenters. The minimum absolute atomic E-state index is 0.302. The van der Waals surface area contributed by atoms with Gasteiger partial charge in [-0.25, -0.2) is 5.43 Å². The molecular formula is C19H16Cl2N2OS. The second kappa shape index (κ2) is 7.56. The summed E-state index contributed by atoms with van der Waals surface area (Å²) < 4.78 is 0.993. The molecule has 0 bridgehead atoms. The molecule has 0 aliphatic rings. The number of hydrazone groups is 1. The molecule has 2 aromatic carbocycles. The topological polar surface area (TPSA) is 41.5 Å². The Morgan fingerprint density at radius 3 is 2.56 bits per heavy atom. The number of fused-ring (bicyclic) bond motifs is 1. The van der Waals surface area contributed by atoms with Crippen LogP contribution in [0.3, 0.4) is 0 Å². The molecule has 1 heterocycles. The lowest BCUT2D eigenvalue weighted by Gasteiger charge is -2.05. The minimum atomic E-state index is -0.302. The summed E-state index contributed by atoms with van der Waals surface area (Å²) in [6.45, 7) is 3.99. The van der Waals surface area contributed by atoms with E-state index in [0.29, 0.717) is 21.3 Å². The van der Waals surface area contributed by atoms with E-state index in [1.807, 2.05) is 44.2 Å². The Hall–Kier alpha value is -1.88. The molecule has 0 saturated carbocycles. The highest BCUT2D eigenvalue weighted by Crippen LogP contribution is 2.35. The summed E-state index contributed by atoms with van der Waals surface area (Å²) in [5.41, 5.74) is 5.45. The van der Waals surface area contributed by atoms with Crippen LogP contribution in [0.1, 0.15) is 34.1 Å². The van der Waals surface area contributed by atoms with Gasteiger partial charge >= 0.3 is 0 Å². The van der Waals surface area contributed by atoms with E-state index in [0.717, 1.165) is 26.9 Å². The smallest absolute Gasteiger partial charge is 0.266 e. The second-order valence-electron chi connectivity index (χ2n) is 5.60. The van der Waals surface area contributed by atoms with Crippen LogP contribution in [0.15, 0.2) is 47.6 Å². The highest BCUT2D eigenvalue weighted by Gasteiger charge is 2.17. The van der Waals surface area contributed by atoms with Gasteiger partial charge in [0.15, 0.2) is 0 Å². The van der Waals surface area contributed by atoms with Crippen LogP contribution in [0.4, 0.5) is 0 Å². The zero-order valence-electron chi connectivity index (χ0n) is 13.8. The van der Waals surface area contributed by atoms with Crippen molar-refractivity contribution >= 4 is 56.2 Å². The lowest BCUT2D eigenvalue weighted by Crippen LogP contribution is -2.19. The van der Waals surface area contributed by atoms with Crippen molar-refractivity contribution in [3.05, 3.63) is 68.5 Å². The van der Waals surface area contributed by atoms with Crippen molar-refractivity contribution in [2.75, 3.05) is 0 Å². The number of aryl methyl sites for hydroxylation is 1. The summed E-state index contributed by atoms with van der Waals surface area (Å²) in [7, 11) is 0. The first-order chi connectivity index (χ1) is 12.0. The lowest BCUT2D eigenvalue weighted by atomic mass is 10.1. The van der Waals surface area contributed by atoms with E-state index in [4.69, 9.17) is 23.2 Å². The predicted octanol–water partition coefficient (Wildman–Crippen LogP) is 6.06. The average molecular weight is 391 g/mol. The Bertz CT molecular complexity index is 961. The Balaban J connectivity index is 1.86. The van der Waals surface area contributed by atoms with E-state index in [9.17, 15) is 4.79 Å². The van der Waals surface area contributed by atoms with E-state index < -0.39 is 0 Å². The molecular weight excluding hydrogens is 375 g/mol. The standard InChI is InChI=1S/C19H16Cl2N2OS/c1-3-15(12-5-7-13(20)8-6-12)22-23-19(24)18-17(21)14-9-4-11(2)10-16(14)25-18/h4-10H,3H2,1-2H3,(H,23,24). The van der Waals surface area contributed by atoms with Gasteiger partial charge in [-0.3, -0.25) is 4.79 Å². The third-order valence-electron chi connectivity index (χ3n) is 3.80. The van der Waals surface area contributed by atoms with E-state index >= 15 is 0 Å². The van der Waals surface area contributed by atoms with Crippen LogP contribution >= 0.6 is 34.5 Å². The van der Waals surface area contributed by atoms with Gasteiger partial charge in [-0.2, -0.15) is 5.10 Å². The minimum Gasteiger partial charge on any atom is -0.266 e. The molecule has 1 aromatic heterocycles. The van der Waals surface area contributed by atoms with Gasteiger partial charge in [-0.05, 0) is 42.7 Å². The highest BCUT2D eigenvalue weighted by molar-refractivity contribution is 7.21. The molecule has 0 saturated heterocycles. The fraction of sp³-hybridized carbons (Fsp3) is 0.158. The van der Waals surface area contributed by atoms with Gasteiger partial charge in [0.05, 0.1) is 10.7 Å². The van der Waals surface area contributed by atoms with Crippen molar-refractivity contribution in [2.24, 2.45) is 5.10 Å². The molecule has 1 N–H and O–H groups in total. The second-order valence-corrected chi connectivity index (χ2v) is 7.47. The van der Waals surface area contributed by atoms with Crippen LogP contribution in [0.5, 0.6) is 0 Å². The van der Waals surface area contributed by atoms with Crippen molar-refractivity contribution in [1.82, 2.24) is 5.43 Å². The van der Waals surface area contributed by atoms with Gasteiger partial charge in [0.1, 0.15) is 4.88 Å². The molecule has 3 nitrogen and oxygen atoms in total. The monoisotopic (exact) mass is 390 g/mol. The zero-order chi connectivity index (χ0) is 18.0. The molecule has 0 aliphatic carbocycles. The molecule has 3 rings (SSSR count). The number of benzene rings is 2. The van der Waals surface area contributed by atoms with Crippen LogP contribution in [-0.2, 0) is 0 Å². The summed E-state index contributed by atoms with van der Waals surface area (Å²) in [5.74, 6) is -0.302. The number of amides is 1. The largest absolute Gasteiger partial charge is 0.283 e. The molecule has 25 heavy (non-hydrogen) atoms.